The van der Waals surface area contributed by atoms with E-state index in [4.69, 9.17) is 11.6 Å². The Kier molecular flexibility index (Phi) is 5.70. The Bertz CT molecular complexity index is 754. The van der Waals surface area contributed by atoms with E-state index in [9.17, 15) is 14.1 Å². The lowest BCUT2D eigenvalue weighted by Gasteiger charge is -2.19. The van der Waals surface area contributed by atoms with Gasteiger partial charge in [-0.3, -0.25) is 9.59 Å². The summed E-state index contributed by atoms with van der Waals surface area (Å²) in [4.78, 5) is 22.9. The van der Waals surface area contributed by atoms with Crippen LogP contribution in [0, 0.1) is 0 Å². The fourth-order valence-corrected chi connectivity index (χ4v) is 3.27. The van der Waals surface area contributed by atoms with Gasteiger partial charge in [0.2, 0.25) is 0 Å². The predicted octanol–water partition coefficient (Wildman–Crippen LogP) is 4.40. The Morgan fingerprint density at radius 1 is 1.00 bits per heavy atom. The second-order valence-electron chi connectivity index (χ2n) is 6.30. The van der Waals surface area contributed by atoms with Crippen LogP contribution in [0.1, 0.15) is 47.1 Å². The van der Waals surface area contributed by atoms with Gasteiger partial charge in [0.1, 0.15) is 11.4 Å². The predicted molar refractivity (Wildman–Crippen MR) is 97.4 cm³/mol. The third-order valence-corrected chi connectivity index (χ3v) is 5.04. The van der Waals surface area contributed by atoms with Gasteiger partial charge in [-0.2, -0.15) is 0 Å². The van der Waals surface area contributed by atoms with E-state index in [0.717, 1.165) is 5.56 Å². The van der Waals surface area contributed by atoms with Gasteiger partial charge in [0.25, 0.3) is 0 Å². The van der Waals surface area contributed by atoms with Crippen molar-refractivity contribution in [3.05, 3.63) is 58.1 Å². The molecule has 126 valence electrons. The SMILES string of the molecule is CC(C)(C)c1ccc([S+]([O-])Nc2ccc(Cl)c(C=O)c2C=O)cc1. The zero-order chi connectivity index (χ0) is 17.9. The molecule has 0 bridgehead atoms. The average molecular weight is 364 g/mol. The van der Waals surface area contributed by atoms with Crippen LogP contribution in [-0.4, -0.2) is 17.1 Å². The molecule has 1 N–H and O–H groups in total. The number of nitrogens with one attached hydrogen (secondary N) is 1. The van der Waals surface area contributed by atoms with Crippen molar-refractivity contribution in [2.24, 2.45) is 0 Å². The van der Waals surface area contributed by atoms with E-state index < -0.39 is 11.4 Å². The highest BCUT2D eigenvalue weighted by Crippen LogP contribution is 2.28. The molecule has 0 saturated carbocycles. The molecule has 0 spiro atoms. The van der Waals surface area contributed by atoms with Crippen molar-refractivity contribution in [3.63, 3.8) is 0 Å². The Morgan fingerprint density at radius 3 is 2.08 bits per heavy atom. The van der Waals surface area contributed by atoms with Crippen molar-refractivity contribution in [3.8, 4) is 0 Å². The second-order valence-corrected chi connectivity index (χ2v) is 7.92. The highest BCUT2D eigenvalue weighted by atomic mass is 35.5. The van der Waals surface area contributed by atoms with E-state index in [-0.39, 0.29) is 21.6 Å². The summed E-state index contributed by atoms with van der Waals surface area (Å²) in [7, 11) is 0. The van der Waals surface area contributed by atoms with Crippen molar-refractivity contribution in [1.82, 2.24) is 0 Å². The summed E-state index contributed by atoms with van der Waals surface area (Å²) in [6.07, 6.45) is 1.04. The summed E-state index contributed by atoms with van der Waals surface area (Å²) >= 11 is 4.33. The zero-order valence-corrected chi connectivity index (χ0v) is 15.2. The molecule has 2 aromatic rings. The number of benzene rings is 2. The Labute approximate surface area is 149 Å². The van der Waals surface area contributed by atoms with Crippen LogP contribution in [0.15, 0.2) is 41.3 Å². The Balaban J connectivity index is 2.28. The van der Waals surface area contributed by atoms with Crippen molar-refractivity contribution < 1.29 is 14.1 Å². The van der Waals surface area contributed by atoms with E-state index in [1.165, 1.54) is 12.1 Å². The van der Waals surface area contributed by atoms with Gasteiger partial charge in [0.15, 0.2) is 17.5 Å². The molecule has 0 amide bonds. The Hall–Kier alpha value is -1.82. The van der Waals surface area contributed by atoms with Crippen LogP contribution in [0.5, 0.6) is 0 Å². The molecule has 4 nitrogen and oxygen atoms in total. The quantitative estimate of drug-likeness (QED) is 0.631. The van der Waals surface area contributed by atoms with Crippen LogP contribution in [0.2, 0.25) is 5.02 Å². The van der Waals surface area contributed by atoms with Crippen molar-refractivity contribution in [2.45, 2.75) is 31.1 Å². The van der Waals surface area contributed by atoms with E-state index in [1.54, 1.807) is 12.1 Å². The lowest BCUT2D eigenvalue weighted by atomic mass is 9.87. The maximum atomic E-state index is 12.5. The lowest BCUT2D eigenvalue weighted by molar-refractivity contribution is 0.109. The third-order valence-electron chi connectivity index (χ3n) is 3.61. The van der Waals surface area contributed by atoms with Crippen LogP contribution in [0.4, 0.5) is 5.69 Å². The van der Waals surface area contributed by atoms with E-state index >= 15 is 0 Å². The number of carbonyl (C=O) groups excluding carboxylic acids is 2. The number of carbonyl (C=O) groups is 2. The molecule has 0 aliphatic heterocycles. The molecule has 1 atom stereocenters. The molecule has 2 rings (SSSR count). The number of aldehydes is 2. The first-order chi connectivity index (χ1) is 11.3. The van der Waals surface area contributed by atoms with Crippen LogP contribution in [-0.2, 0) is 16.8 Å². The first-order valence-corrected chi connectivity index (χ1v) is 8.82. The molecule has 0 saturated heterocycles. The summed E-state index contributed by atoms with van der Waals surface area (Å²) in [6.45, 7) is 6.30. The fraction of sp³-hybridized carbons (Fsp3) is 0.222. The molecule has 0 fully saturated rings. The molecular weight excluding hydrogens is 346 g/mol. The topological polar surface area (TPSA) is 69.2 Å². The summed E-state index contributed by atoms with van der Waals surface area (Å²) in [6, 6.07) is 10.4. The molecular formula is C18H18ClNO3S. The summed E-state index contributed by atoms with van der Waals surface area (Å²) in [5, 5.41) is 0.179. The molecule has 1 unspecified atom stereocenters. The normalized spacial score (nSPS) is 12.5. The number of halogens is 1. The van der Waals surface area contributed by atoms with Gasteiger partial charge in [0, 0.05) is 5.56 Å². The highest BCUT2D eigenvalue weighted by molar-refractivity contribution is 7.92. The van der Waals surface area contributed by atoms with Crippen LogP contribution >= 0.6 is 11.6 Å². The molecule has 0 radical (unpaired) electrons. The fourth-order valence-electron chi connectivity index (χ4n) is 2.18. The monoisotopic (exact) mass is 363 g/mol. The first kappa shape index (κ1) is 18.5. The largest absolute Gasteiger partial charge is 0.588 e. The van der Waals surface area contributed by atoms with E-state index in [0.29, 0.717) is 23.2 Å². The van der Waals surface area contributed by atoms with Crippen molar-refractivity contribution in [2.75, 3.05) is 4.72 Å². The maximum Gasteiger partial charge on any atom is 0.179 e. The Morgan fingerprint density at radius 2 is 1.58 bits per heavy atom. The first-order valence-electron chi connectivity index (χ1n) is 7.29. The van der Waals surface area contributed by atoms with Gasteiger partial charge in [-0.1, -0.05) is 44.5 Å². The van der Waals surface area contributed by atoms with Gasteiger partial charge >= 0.3 is 0 Å². The van der Waals surface area contributed by atoms with Gasteiger partial charge in [0.05, 0.1) is 16.3 Å². The van der Waals surface area contributed by atoms with Gasteiger partial charge in [-0.25, -0.2) is 4.72 Å². The minimum atomic E-state index is -1.57. The number of anilines is 1. The van der Waals surface area contributed by atoms with E-state index in [1.807, 2.05) is 12.1 Å². The molecule has 6 heteroatoms. The molecule has 0 aliphatic carbocycles. The summed E-state index contributed by atoms with van der Waals surface area (Å²) in [5.41, 5.74) is 1.61. The second kappa shape index (κ2) is 7.38. The van der Waals surface area contributed by atoms with E-state index in [2.05, 4.69) is 25.5 Å². The summed E-state index contributed by atoms with van der Waals surface area (Å²) < 4.78 is 15.3. The number of rotatable bonds is 5. The molecule has 0 heterocycles. The number of hydrogen-bond acceptors (Lipinski definition) is 4. The van der Waals surface area contributed by atoms with Gasteiger partial charge in [-0.15, -0.1) is 0 Å². The lowest BCUT2D eigenvalue weighted by Crippen LogP contribution is -2.16. The van der Waals surface area contributed by atoms with Crippen molar-refractivity contribution >= 4 is 41.2 Å². The van der Waals surface area contributed by atoms with Crippen molar-refractivity contribution in [1.29, 1.82) is 0 Å². The van der Waals surface area contributed by atoms with Crippen LogP contribution in [0.25, 0.3) is 0 Å². The number of hydrogen-bond donors (Lipinski definition) is 1. The standard InChI is InChI=1S/C18H18ClNO3S/c1-18(2,3)12-4-6-13(7-5-12)24(23)20-17-9-8-16(19)14(10-21)15(17)11-22/h4-11,20H,1-3H3. The zero-order valence-electron chi connectivity index (χ0n) is 13.6. The minimum absolute atomic E-state index is 0.00712. The van der Waals surface area contributed by atoms with Crippen LogP contribution in [0.3, 0.4) is 0 Å². The minimum Gasteiger partial charge on any atom is -0.588 e. The van der Waals surface area contributed by atoms with Crippen LogP contribution < -0.4 is 4.72 Å². The smallest absolute Gasteiger partial charge is 0.179 e. The molecule has 2 aromatic carbocycles. The molecule has 0 aromatic heterocycles. The molecule has 24 heavy (non-hydrogen) atoms. The highest BCUT2D eigenvalue weighted by Gasteiger charge is 2.19. The third kappa shape index (κ3) is 3.98. The van der Waals surface area contributed by atoms with Gasteiger partial charge < -0.3 is 4.55 Å². The van der Waals surface area contributed by atoms with Gasteiger partial charge in [-0.05, 0) is 35.2 Å². The average Bonchev–Trinajstić information content (AvgIpc) is 2.55. The summed E-state index contributed by atoms with van der Waals surface area (Å²) in [5.74, 6) is 0. The molecule has 0 aliphatic rings. The maximum absolute atomic E-state index is 12.5.